The van der Waals surface area contributed by atoms with Gasteiger partial charge in [-0.1, -0.05) is 13.8 Å². The third kappa shape index (κ3) is 2.70. The number of nitrogens with zero attached hydrogens (tertiary/aromatic N) is 1. The van der Waals surface area contributed by atoms with Gasteiger partial charge in [0, 0.05) is 19.5 Å². The Morgan fingerprint density at radius 3 is 2.53 bits per heavy atom. The number of carboxylic acids is 1. The summed E-state index contributed by atoms with van der Waals surface area (Å²) in [7, 11) is 1.68. The van der Waals surface area contributed by atoms with Gasteiger partial charge in [0.2, 0.25) is 5.91 Å². The van der Waals surface area contributed by atoms with Gasteiger partial charge < -0.3 is 10.0 Å². The highest BCUT2D eigenvalue weighted by molar-refractivity contribution is 5.82. The molecule has 1 aliphatic carbocycles. The summed E-state index contributed by atoms with van der Waals surface area (Å²) in [5.74, 6) is -0.648. The molecule has 0 aromatic carbocycles. The summed E-state index contributed by atoms with van der Waals surface area (Å²) < 4.78 is 0. The zero-order chi connectivity index (χ0) is 11.6. The minimum Gasteiger partial charge on any atom is -0.481 e. The van der Waals surface area contributed by atoms with E-state index in [-0.39, 0.29) is 23.7 Å². The van der Waals surface area contributed by atoms with E-state index in [4.69, 9.17) is 5.11 Å². The van der Waals surface area contributed by atoms with Gasteiger partial charge in [-0.2, -0.15) is 0 Å². The second kappa shape index (κ2) is 4.21. The number of carbonyl (C=O) groups is 2. The Morgan fingerprint density at radius 1 is 1.53 bits per heavy atom. The topological polar surface area (TPSA) is 57.6 Å². The van der Waals surface area contributed by atoms with Gasteiger partial charge in [0.15, 0.2) is 0 Å². The molecule has 0 aromatic heterocycles. The number of carbonyl (C=O) groups excluding carboxylic acids is 1. The highest BCUT2D eigenvalue weighted by Crippen LogP contribution is 2.55. The molecule has 4 heteroatoms. The molecule has 0 radical (unpaired) electrons. The fourth-order valence-corrected chi connectivity index (χ4v) is 1.82. The maximum Gasteiger partial charge on any atom is 0.305 e. The molecule has 0 bridgehead atoms. The summed E-state index contributed by atoms with van der Waals surface area (Å²) in [6, 6.07) is 0. The van der Waals surface area contributed by atoms with Crippen molar-refractivity contribution < 1.29 is 14.7 Å². The van der Waals surface area contributed by atoms with Gasteiger partial charge in [-0.25, -0.2) is 0 Å². The predicted molar refractivity (Wildman–Crippen MR) is 56.4 cm³/mol. The molecule has 0 aromatic rings. The van der Waals surface area contributed by atoms with Crippen LogP contribution in [0.4, 0.5) is 0 Å². The number of aliphatic carboxylic acids is 1. The fourth-order valence-electron chi connectivity index (χ4n) is 1.82. The molecule has 86 valence electrons. The van der Waals surface area contributed by atoms with Gasteiger partial charge in [-0.05, 0) is 18.3 Å². The SMILES string of the molecule is CCC1(C)CC1C(=O)N(C)CCC(=O)O. The van der Waals surface area contributed by atoms with Crippen molar-refractivity contribution in [1.29, 1.82) is 0 Å². The number of hydrogen-bond acceptors (Lipinski definition) is 2. The van der Waals surface area contributed by atoms with Crippen molar-refractivity contribution in [1.82, 2.24) is 4.90 Å². The lowest BCUT2D eigenvalue weighted by molar-refractivity contribution is -0.138. The molecule has 0 aliphatic heterocycles. The molecule has 15 heavy (non-hydrogen) atoms. The zero-order valence-corrected chi connectivity index (χ0v) is 9.62. The molecule has 0 spiro atoms. The number of carboxylic acid groups (broad SMARTS) is 1. The molecular formula is C11H19NO3. The molecule has 1 saturated carbocycles. The van der Waals surface area contributed by atoms with Gasteiger partial charge in [-0.3, -0.25) is 9.59 Å². The summed E-state index contributed by atoms with van der Waals surface area (Å²) in [5, 5.41) is 8.51. The van der Waals surface area contributed by atoms with E-state index in [0.29, 0.717) is 6.54 Å². The summed E-state index contributed by atoms with van der Waals surface area (Å²) >= 11 is 0. The van der Waals surface area contributed by atoms with Gasteiger partial charge >= 0.3 is 5.97 Å². The van der Waals surface area contributed by atoms with Crippen LogP contribution in [0.5, 0.6) is 0 Å². The average Bonchev–Trinajstić information content (AvgIpc) is 2.87. The minimum absolute atomic E-state index is 0.0256. The normalized spacial score (nSPS) is 28.6. The van der Waals surface area contributed by atoms with E-state index in [9.17, 15) is 9.59 Å². The van der Waals surface area contributed by atoms with E-state index in [1.54, 1.807) is 11.9 Å². The monoisotopic (exact) mass is 213 g/mol. The summed E-state index contributed by atoms with van der Waals surface area (Å²) in [5.41, 5.74) is 0.161. The van der Waals surface area contributed by atoms with Crippen molar-refractivity contribution in [3.05, 3.63) is 0 Å². The van der Waals surface area contributed by atoms with Crippen LogP contribution in [0, 0.1) is 11.3 Å². The number of amides is 1. The largest absolute Gasteiger partial charge is 0.481 e. The summed E-state index contributed by atoms with van der Waals surface area (Å²) in [6.45, 7) is 4.51. The van der Waals surface area contributed by atoms with E-state index in [1.165, 1.54) is 0 Å². The Hall–Kier alpha value is -1.06. The van der Waals surface area contributed by atoms with E-state index in [0.717, 1.165) is 12.8 Å². The maximum absolute atomic E-state index is 11.8. The first-order chi connectivity index (χ1) is 6.90. The van der Waals surface area contributed by atoms with E-state index < -0.39 is 5.97 Å². The molecule has 1 amide bonds. The third-order valence-corrected chi connectivity index (χ3v) is 3.49. The first-order valence-corrected chi connectivity index (χ1v) is 5.37. The first kappa shape index (κ1) is 12.0. The van der Waals surface area contributed by atoms with Crippen LogP contribution >= 0.6 is 0 Å². The van der Waals surface area contributed by atoms with Crippen molar-refractivity contribution >= 4 is 11.9 Å². The van der Waals surface area contributed by atoms with E-state index in [1.807, 2.05) is 0 Å². The maximum atomic E-state index is 11.8. The van der Waals surface area contributed by atoms with E-state index in [2.05, 4.69) is 13.8 Å². The van der Waals surface area contributed by atoms with Crippen LogP contribution < -0.4 is 0 Å². The molecule has 2 unspecified atom stereocenters. The number of rotatable bonds is 5. The Bertz CT molecular complexity index is 277. The quantitative estimate of drug-likeness (QED) is 0.750. The standard InChI is InChI=1S/C11H19NO3/c1-4-11(2)7-8(11)10(15)12(3)6-5-9(13)14/h8H,4-7H2,1-3H3,(H,13,14). The molecule has 1 N–H and O–H groups in total. The molecule has 0 saturated heterocycles. The van der Waals surface area contributed by atoms with Gasteiger partial charge in [0.05, 0.1) is 6.42 Å². The fraction of sp³-hybridized carbons (Fsp3) is 0.818. The lowest BCUT2D eigenvalue weighted by Crippen LogP contribution is -2.31. The molecule has 1 aliphatic rings. The van der Waals surface area contributed by atoms with Crippen molar-refractivity contribution in [2.75, 3.05) is 13.6 Å². The van der Waals surface area contributed by atoms with Crippen LogP contribution in [0.3, 0.4) is 0 Å². The molecule has 1 rings (SSSR count). The van der Waals surface area contributed by atoms with Crippen LogP contribution in [0.2, 0.25) is 0 Å². The highest BCUT2D eigenvalue weighted by Gasteiger charge is 2.53. The van der Waals surface area contributed by atoms with Crippen molar-refractivity contribution in [2.24, 2.45) is 11.3 Å². The van der Waals surface area contributed by atoms with Crippen LogP contribution in [0.15, 0.2) is 0 Å². The lowest BCUT2D eigenvalue weighted by Gasteiger charge is -2.17. The molecule has 4 nitrogen and oxygen atoms in total. The molecular weight excluding hydrogens is 194 g/mol. The molecule has 0 heterocycles. The average molecular weight is 213 g/mol. The second-order valence-electron chi connectivity index (χ2n) is 4.67. The summed E-state index contributed by atoms with van der Waals surface area (Å²) in [6.07, 6.45) is 1.98. The predicted octanol–water partition coefficient (Wildman–Crippen LogP) is 1.36. The van der Waals surface area contributed by atoms with Gasteiger partial charge in [0.25, 0.3) is 0 Å². The van der Waals surface area contributed by atoms with Crippen LogP contribution in [-0.4, -0.2) is 35.5 Å². The lowest BCUT2D eigenvalue weighted by atomic mass is 10.0. The zero-order valence-electron chi connectivity index (χ0n) is 9.62. The van der Waals surface area contributed by atoms with Crippen LogP contribution in [-0.2, 0) is 9.59 Å². The summed E-state index contributed by atoms with van der Waals surface area (Å²) in [4.78, 5) is 23.7. The smallest absolute Gasteiger partial charge is 0.305 e. The Morgan fingerprint density at radius 2 is 2.13 bits per heavy atom. The third-order valence-electron chi connectivity index (χ3n) is 3.49. The molecule has 2 atom stereocenters. The van der Waals surface area contributed by atoms with Crippen molar-refractivity contribution in [3.8, 4) is 0 Å². The van der Waals surface area contributed by atoms with Crippen LogP contribution in [0.25, 0.3) is 0 Å². The molecule has 1 fully saturated rings. The Labute approximate surface area is 90.3 Å². The Kier molecular flexibility index (Phi) is 3.37. The first-order valence-electron chi connectivity index (χ1n) is 5.37. The van der Waals surface area contributed by atoms with Crippen molar-refractivity contribution in [3.63, 3.8) is 0 Å². The number of hydrogen-bond donors (Lipinski definition) is 1. The van der Waals surface area contributed by atoms with Crippen molar-refractivity contribution in [2.45, 2.75) is 33.1 Å². The van der Waals surface area contributed by atoms with Gasteiger partial charge in [0.1, 0.15) is 0 Å². The van der Waals surface area contributed by atoms with Gasteiger partial charge in [-0.15, -0.1) is 0 Å². The second-order valence-corrected chi connectivity index (χ2v) is 4.67. The minimum atomic E-state index is -0.858. The Balaban J connectivity index is 2.38. The van der Waals surface area contributed by atoms with Crippen LogP contribution in [0.1, 0.15) is 33.1 Å². The van der Waals surface area contributed by atoms with E-state index >= 15 is 0 Å². The highest BCUT2D eigenvalue weighted by atomic mass is 16.4.